The number of carbonyl (C=O) groups is 1. The lowest BCUT2D eigenvalue weighted by Gasteiger charge is -2.22. The van der Waals surface area contributed by atoms with Gasteiger partial charge < -0.3 is 15.1 Å². The molecule has 0 aliphatic carbocycles. The van der Waals surface area contributed by atoms with Gasteiger partial charge >= 0.3 is 0 Å². The number of anilines is 2. The van der Waals surface area contributed by atoms with E-state index in [-0.39, 0.29) is 5.91 Å². The van der Waals surface area contributed by atoms with E-state index in [0.29, 0.717) is 18.1 Å². The van der Waals surface area contributed by atoms with Crippen LogP contribution in [0.4, 0.5) is 11.8 Å². The van der Waals surface area contributed by atoms with Crippen LogP contribution in [0.2, 0.25) is 0 Å². The van der Waals surface area contributed by atoms with Gasteiger partial charge in [0.15, 0.2) is 0 Å². The van der Waals surface area contributed by atoms with Gasteiger partial charge in [-0.2, -0.15) is 10.1 Å². The summed E-state index contributed by atoms with van der Waals surface area (Å²) in [6, 6.07) is 1.84. The van der Waals surface area contributed by atoms with Crippen LogP contribution in [-0.4, -0.2) is 63.8 Å². The van der Waals surface area contributed by atoms with Crippen molar-refractivity contribution >= 4 is 17.7 Å². The summed E-state index contributed by atoms with van der Waals surface area (Å²) in [6.07, 6.45) is 5.52. The van der Waals surface area contributed by atoms with E-state index in [9.17, 15) is 4.79 Å². The molecule has 0 radical (unpaired) electrons. The maximum Gasteiger partial charge on any atom is 0.257 e. The number of nitrogens with zero attached hydrogens (tertiary/aromatic N) is 6. The molecule has 1 aliphatic rings. The summed E-state index contributed by atoms with van der Waals surface area (Å²) in [6.45, 7) is 7.80. The van der Waals surface area contributed by atoms with E-state index in [0.717, 1.165) is 50.5 Å². The van der Waals surface area contributed by atoms with Crippen molar-refractivity contribution in [3.05, 3.63) is 29.7 Å². The zero-order valence-corrected chi connectivity index (χ0v) is 15.8. The second-order valence-electron chi connectivity index (χ2n) is 6.52. The Hall–Kier alpha value is -2.64. The van der Waals surface area contributed by atoms with Crippen LogP contribution in [0.25, 0.3) is 0 Å². The van der Waals surface area contributed by atoms with Gasteiger partial charge in [-0.1, -0.05) is 6.92 Å². The van der Waals surface area contributed by atoms with Gasteiger partial charge in [0.1, 0.15) is 5.82 Å². The molecule has 1 aliphatic heterocycles. The number of amides is 1. The fourth-order valence-corrected chi connectivity index (χ4v) is 3.20. The number of rotatable bonds is 5. The van der Waals surface area contributed by atoms with Crippen LogP contribution in [0.3, 0.4) is 0 Å². The number of nitrogens with one attached hydrogen (secondary N) is 1. The Balaban J connectivity index is 1.69. The van der Waals surface area contributed by atoms with Gasteiger partial charge in [0.25, 0.3) is 5.91 Å². The molecule has 0 atom stereocenters. The second kappa shape index (κ2) is 8.16. The zero-order valence-electron chi connectivity index (χ0n) is 15.8. The summed E-state index contributed by atoms with van der Waals surface area (Å²) in [5, 5.41) is 7.49. The van der Waals surface area contributed by atoms with Crippen molar-refractivity contribution in [3.8, 4) is 0 Å². The van der Waals surface area contributed by atoms with Crippen molar-refractivity contribution in [2.45, 2.75) is 33.2 Å². The molecule has 8 heteroatoms. The largest absolute Gasteiger partial charge is 0.373 e. The van der Waals surface area contributed by atoms with Crippen molar-refractivity contribution in [1.82, 2.24) is 24.6 Å². The molecule has 8 nitrogen and oxygen atoms in total. The molecule has 3 heterocycles. The highest BCUT2D eigenvalue weighted by molar-refractivity contribution is 5.95. The number of carbonyl (C=O) groups excluding carboxylic acids is 1. The number of hydrogen-bond acceptors (Lipinski definition) is 6. The van der Waals surface area contributed by atoms with Crippen LogP contribution in [0.1, 0.15) is 35.8 Å². The lowest BCUT2D eigenvalue weighted by molar-refractivity contribution is 0.0766. The Morgan fingerprint density at radius 3 is 2.88 bits per heavy atom. The summed E-state index contributed by atoms with van der Waals surface area (Å²) in [5.74, 6) is 1.57. The predicted octanol–water partition coefficient (Wildman–Crippen LogP) is 1.79. The third kappa shape index (κ3) is 3.95. The molecular weight excluding hydrogens is 330 g/mol. The van der Waals surface area contributed by atoms with E-state index in [1.54, 1.807) is 6.20 Å². The second-order valence-corrected chi connectivity index (χ2v) is 6.52. The van der Waals surface area contributed by atoms with Gasteiger partial charge in [0.2, 0.25) is 5.95 Å². The topological polar surface area (TPSA) is 79.2 Å². The van der Waals surface area contributed by atoms with Gasteiger partial charge in [-0.05, 0) is 25.8 Å². The van der Waals surface area contributed by atoms with Crippen molar-refractivity contribution in [2.24, 2.45) is 0 Å². The molecule has 1 fully saturated rings. The first-order valence-corrected chi connectivity index (χ1v) is 9.21. The molecule has 3 rings (SSSR count). The summed E-state index contributed by atoms with van der Waals surface area (Å²) in [5.41, 5.74) is 1.51. The molecule has 2 aromatic rings. The highest BCUT2D eigenvalue weighted by Gasteiger charge is 2.24. The highest BCUT2D eigenvalue weighted by atomic mass is 16.2. The summed E-state index contributed by atoms with van der Waals surface area (Å²) in [4.78, 5) is 25.9. The fourth-order valence-electron chi connectivity index (χ4n) is 3.20. The summed E-state index contributed by atoms with van der Waals surface area (Å²) < 4.78 is 1.86. The van der Waals surface area contributed by atoms with Gasteiger partial charge in [0.05, 0.1) is 11.3 Å². The molecule has 140 valence electrons. The van der Waals surface area contributed by atoms with E-state index >= 15 is 0 Å². The van der Waals surface area contributed by atoms with Crippen LogP contribution < -0.4 is 10.2 Å². The first-order valence-electron chi connectivity index (χ1n) is 9.21. The number of hydrogen-bond donors (Lipinski definition) is 1. The van der Waals surface area contributed by atoms with Crippen molar-refractivity contribution in [3.63, 3.8) is 0 Å². The minimum atomic E-state index is 0.0663. The third-order valence-electron chi connectivity index (χ3n) is 4.59. The third-order valence-corrected chi connectivity index (χ3v) is 4.59. The molecule has 0 saturated carbocycles. The molecule has 1 N–H and O–H groups in total. The fraction of sp³-hybridized carbons (Fsp3) is 0.556. The van der Waals surface area contributed by atoms with Crippen LogP contribution in [-0.2, 0) is 6.54 Å². The summed E-state index contributed by atoms with van der Waals surface area (Å²) >= 11 is 0. The van der Waals surface area contributed by atoms with Gasteiger partial charge in [-0.15, -0.1) is 0 Å². The van der Waals surface area contributed by atoms with E-state index in [1.807, 2.05) is 35.8 Å². The van der Waals surface area contributed by atoms with Gasteiger partial charge in [-0.3, -0.25) is 9.48 Å². The van der Waals surface area contributed by atoms with E-state index < -0.39 is 0 Å². The molecule has 26 heavy (non-hydrogen) atoms. The molecule has 0 spiro atoms. The Bertz CT molecular complexity index is 758. The average molecular weight is 357 g/mol. The van der Waals surface area contributed by atoms with Crippen molar-refractivity contribution < 1.29 is 4.79 Å². The minimum absolute atomic E-state index is 0.0663. The van der Waals surface area contributed by atoms with Crippen LogP contribution in [0.5, 0.6) is 0 Å². The van der Waals surface area contributed by atoms with Crippen molar-refractivity contribution in [2.75, 3.05) is 43.4 Å². The SMILES string of the molecule is CCCn1cc(C(=O)N2CCCN(c3nccc(NC)n3)CC2)c(C)n1. The van der Waals surface area contributed by atoms with Crippen LogP contribution >= 0.6 is 0 Å². The highest BCUT2D eigenvalue weighted by Crippen LogP contribution is 2.16. The standard InChI is InChI=1S/C18H27N7O/c1-4-8-25-13-15(14(2)22-25)17(26)23-9-5-10-24(12-11-23)18-20-7-6-16(19-3)21-18/h6-7,13H,4-5,8-12H2,1-3H3,(H,19,20,21). The maximum absolute atomic E-state index is 12.9. The number of aryl methyl sites for hydroxylation is 2. The quantitative estimate of drug-likeness (QED) is 0.879. The lowest BCUT2D eigenvalue weighted by atomic mass is 10.2. The molecular formula is C18H27N7O. The molecule has 0 bridgehead atoms. The van der Waals surface area contributed by atoms with Crippen molar-refractivity contribution in [1.29, 1.82) is 0 Å². The Labute approximate surface area is 154 Å². The van der Waals surface area contributed by atoms with Crippen LogP contribution in [0.15, 0.2) is 18.5 Å². The molecule has 0 aromatic carbocycles. The first kappa shape index (κ1) is 18.2. The first-order chi connectivity index (χ1) is 12.6. The normalized spacial score (nSPS) is 15.0. The van der Waals surface area contributed by atoms with Crippen LogP contribution in [0, 0.1) is 6.92 Å². The minimum Gasteiger partial charge on any atom is -0.373 e. The molecule has 1 saturated heterocycles. The average Bonchev–Trinajstić information content (AvgIpc) is 2.86. The Morgan fingerprint density at radius 1 is 1.27 bits per heavy atom. The van der Waals surface area contributed by atoms with Gasteiger partial charge in [-0.25, -0.2) is 4.98 Å². The smallest absolute Gasteiger partial charge is 0.257 e. The van der Waals surface area contributed by atoms with E-state index in [1.165, 1.54) is 0 Å². The lowest BCUT2D eigenvalue weighted by Crippen LogP contribution is -2.35. The maximum atomic E-state index is 12.9. The monoisotopic (exact) mass is 357 g/mol. The van der Waals surface area contributed by atoms with E-state index in [2.05, 4.69) is 32.2 Å². The van der Waals surface area contributed by atoms with Gasteiger partial charge in [0, 0.05) is 52.2 Å². The Kier molecular flexibility index (Phi) is 5.70. The molecule has 1 amide bonds. The molecule has 2 aromatic heterocycles. The summed E-state index contributed by atoms with van der Waals surface area (Å²) in [7, 11) is 1.84. The Morgan fingerprint density at radius 2 is 2.12 bits per heavy atom. The number of aromatic nitrogens is 4. The van der Waals surface area contributed by atoms with E-state index in [4.69, 9.17) is 0 Å². The zero-order chi connectivity index (χ0) is 18.5. The predicted molar refractivity (Wildman–Crippen MR) is 102 cm³/mol. The molecule has 0 unspecified atom stereocenters.